The molecule has 2 heteroatoms. The Morgan fingerprint density at radius 3 is 2.86 bits per heavy atom. The predicted octanol–water partition coefficient (Wildman–Crippen LogP) is 3.74. The largest absolute Gasteiger partial charge is 0.397 e. The molecule has 0 unspecified atom stereocenters. The fourth-order valence-corrected chi connectivity index (χ4v) is 3.01. The van der Waals surface area contributed by atoms with Crippen molar-refractivity contribution in [3.8, 4) is 0 Å². The summed E-state index contributed by atoms with van der Waals surface area (Å²) in [7, 11) is 0. The third-order valence-electron chi connectivity index (χ3n) is 2.44. The molecule has 2 N–H and O–H groups in total. The van der Waals surface area contributed by atoms with E-state index in [1.165, 1.54) is 20.5 Å². The third kappa shape index (κ3) is 1.50. The van der Waals surface area contributed by atoms with Crippen LogP contribution >= 0.6 is 11.3 Å². The zero-order valence-electron chi connectivity index (χ0n) is 8.63. The molecule has 1 heterocycles. The van der Waals surface area contributed by atoms with Gasteiger partial charge in [-0.3, -0.25) is 0 Å². The highest BCUT2D eigenvalue weighted by Gasteiger charge is 2.07. The average molecular weight is 205 g/mol. The lowest BCUT2D eigenvalue weighted by atomic mass is 10.1. The van der Waals surface area contributed by atoms with Crippen LogP contribution < -0.4 is 5.73 Å². The summed E-state index contributed by atoms with van der Waals surface area (Å²) in [6.07, 6.45) is 2.26. The second-order valence-electron chi connectivity index (χ2n) is 3.69. The Morgan fingerprint density at radius 2 is 2.14 bits per heavy atom. The van der Waals surface area contributed by atoms with Crippen LogP contribution in [0, 0.1) is 6.92 Å². The van der Waals surface area contributed by atoms with Gasteiger partial charge in [-0.25, -0.2) is 0 Å². The van der Waals surface area contributed by atoms with Gasteiger partial charge in [0, 0.05) is 15.0 Å². The van der Waals surface area contributed by atoms with E-state index in [4.69, 9.17) is 5.73 Å². The van der Waals surface area contributed by atoms with Gasteiger partial charge in [-0.15, -0.1) is 11.3 Å². The summed E-state index contributed by atoms with van der Waals surface area (Å²) < 4.78 is 1.32. The summed E-state index contributed by atoms with van der Waals surface area (Å²) in [5, 5.41) is 1.23. The van der Waals surface area contributed by atoms with Crippen molar-refractivity contribution in [1.82, 2.24) is 0 Å². The molecule has 0 radical (unpaired) electrons. The fourth-order valence-electron chi connectivity index (χ4n) is 1.69. The highest BCUT2D eigenvalue weighted by Crippen LogP contribution is 2.34. The number of hydrogen-bond acceptors (Lipinski definition) is 2. The lowest BCUT2D eigenvalue weighted by Crippen LogP contribution is -1.88. The number of nitrogen functional groups attached to an aromatic ring is 1. The Hall–Kier alpha value is -1.02. The van der Waals surface area contributed by atoms with Gasteiger partial charge in [0.05, 0.1) is 5.69 Å². The molecule has 14 heavy (non-hydrogen) atoms. The molecule has 1 nitrogen and oxygen atoms in total. The lowest BCUT2D eigenvalue weighted by Gasteiger charge is -1.95. The summed E-state index contributed by atoms with van der Waals surface area (Å²) in [6.45, 7) is 4.31. The summed E-state index contributed by atoms with van der Waals surface area (Å²) in [4.78, 5) is 1.34. The summed E-state index contributed by atoms with van der Waals surface area (Å²) in [5.74, 6) is 0. The quantitative estimate of drug-likeness (QED) is 0.794. The molecule has 0 saturated carbocycles. The van der Waals surface area contributed by atoms with Crippen LogP contribution in [-0.2, 0) is 6.42 Å². The number of anilines is 1. The number of aryl methyl sites for hydroxylation is 2. The van der Waals surface area contributed by atoms with E-state index in [1.807, 2.05) is 11.3 Å². The van der Waals surface area contributed by atoms with Gasteiger partial charge in [-0.2, -0.15) is 0 Å². The van der Waals surface area contributed by atoms with Crippen molar-refractivity contribution in [2.75, 3.05) is 5.73 Å². The van der Waals surface area contributed by atoms with Gasteiger partial charge in [0.2, 0.25) is 0 Å². The lowest BCUT2D eigenvalue weighted by molar-refractivity contribution is 0.942. The van der Waals surface area contributed by atoms with E-state index >= 15 is 0 Å². The Morgan fingerprint density at radius 1 is 1.36 bits per heavy atom. The number of benzene rings is 1. The first-order valence-corrected chi connectivity index (χ1v) is 5.81. The topological polar surface area (TPSA) is 26.0 Å². The molecule has 74 valence electrons. The zero-order chi connectivity index (χ0) is 10.1. The Bertz CT molecular complexity index is 457. The van der Waals surface area contributed by atoms with Crippen molar-refractivity contribution in [2.24, 2.45) is 0 Å². The maximum Gasteiger partial charge on any atom is 0.0535 e. The molecule has 2 aromatic rings. The zero-order valence-corrected chi connectivity index (χ0v) is 9.45. The van der Waals surface area contributed by atoms with Crippen molar-refractivity contribution in [3.05, 3.63) is 28.6 Å². The van der Waals surface area contributed by atoms with E-state index in [0.29, 0.717) is 0 Å². The van der Waals surface area contributed by atoms with Crippen molar-refractivity contribution in [3.63, 3.8) is 0 Å². The highest BCUT2D eigenvalue weighted by molar-refractivity contribution is 7.19. The van der Waals surface area contributed by atoms with Crippen molar-refractivity contribution < 1.29 is 0 Å². The molecule has 0 fully saturated rings. The first-order valence-electron chi connectivity index (χ1n) is 5.00. The molecule has 0 saturated heterocycles. The molecule has 0 aliphatic rings. The van der Waals surface area contributed by atoms with Gasteiger partial charge in [0.25, 0.3) is 0 Å². The van der Waals surface area contributed by atoms with Gasteiger partial charge >= 0.3 is 0 Å². The first-order chi connectivity index (χ1) is 6.72. The average Bonchev–Trinajstić information content (AvgIpc) is 2.44. The van der Waals surface area contributed by atoms with E-state index in [1.54, 1.807) is 0 Å². The Labute approximate surface area is 88.6 Å². The van der Waals surface area contributed by atoms with Crippen LogP contribution in [0.25, 0.3) is 10.1 Å². The molecule has 2 rings (SSSR count). The molecular formula is C12H15NS. The molecule has 0 atom stereocenters. The summed E-state index contributed by atoms with van der Waals surface area (Å²) in [5.41, 5.74) is 8.39. The van der Waals surface area contributed by atoms with Gasteiger partial charge in [-0.05, 0) is 25.0 Å². The van der Waals surface area contributed by atoms with E-state index in [9.17, 15) is 0 Å². The minimum Gasteiger partial charge on any atom is -0.397 e. The highest BCUT2D eigenvalue weighted by atomic mass is 32.1. The Balaban J connectivity index is 2.61. The maximum absolute atomic E-state index is 6.09. The molecule has 0 spiro atoms. The van der Waals surface area contributed by atoms with E-state index in [2.05, 4.69) is 32.0 Å². The molecular weight excluding hydrogens is 190 g/mol. The minimum absolute atomic E-state index is 0.992. The third-order valence-corrected chi connectivity index (χ3v) is 3.67. The van der Waals surface area contributed by atoms with Crippen LogP contribution in [0.2, 0.25) is 0 Å². The van der Waals surface area contributed by atoms with E-state index < -0.39 is 0 Å². The van der Waals surface area contributed by atoms with Gasteiger partial charge in [0.15, 0.2) is 0 Å². The van der Waals surface area contributed by atoms with E-state index in [0.717, 1.165) is 18.5 Å². The van der Waals surface area contributed by atoms with Crippen LogP contribution in [0.5, 0.6) is 0 Å². The normalized spacial score (nSPS) is 11.0. The van der Waals surface area contributed by atoms with Gasteiger partial charge in [0.1, 0.15) is 0 Å². The van der Waals surface area contributed by atoms with Crippen LogP contribution in [0.4, 0.5) is 5.69 Å². The predicted molar refractivity (Wildman–Crippen MR) is 65.0 cm³/mol. The Kier molecular flexibility index (Phi) is 2.46. The van der Waals surface area contributed by atoms with Gasteiger partial charge in [-0.1, -0.05) is 25.5 Å². The second-order valence-corrected chi connectivity index (χ2v) is 4.83. The number of nitrogens with two attached hydrogens (primary N) is 1. The second kappa shape index (κ2) is 3.62. The van der Waals surface area contributed by atoms with Crippen LogP contribution in [0.1, 0.15) is 23.8 Å². The monoisotopic (exact) mass is 205 g/mol. The van der Waals surface area contributed by atoms with Crippen LogP contribution in [0.3, 0.4) is 0 Å². The van der Waals surface area contributed by atoms with Crippen LogP contribution in [-0.4, -0.2) is 0 Å². The summed E-state index contributed by atoms with van der Waals surface area (Å²) in [6, 6.07) is 6.48. The molecule has 0 aliphatic heterocycles. The number of rotatable bonds is 2. The number of hydrogen-bond donors (Lipinski definition) is 1. The van der Waals surface area contributed by atoms with Crippen molar-refractivity contribution >= 4 is 27.1 Å². The molecule has 0 amide bonds. The smallest absolute Gasteiger partial charge is 0.0535 e. The standard InChI is InChI=1S/C12H15NS/c1-3-4-10-12(13)9-6-5-8(2)7-11(9)14-10/h5-7H,3-4,13H2,1-2H3. The molecule has 0 aliphatic carbocycles. The number of fused-ring (bicyclic) bond motifs is 1. The molecule has 0 bridgehead atoms. The SMILES string of the molecule is CCCc1sc2cc(C)ccc2c1N. The van der Waals surface area contributed by atoms with Crippen molar-refractivity contribution in [2.45, 2.75) is 26.7 Å². The van der Waals surface area contributed by atoms with E-state index in [-0.39, 0.29) is 0 Å². The maximum atomic E-state index is 6.09. The van der Waals surface area contributed by atoms with Gasteiger partial charge < -0.3 is 5.73 Å². The van der Waals surface area contributed by atoms with Crippen molar-refractivity contribution in [1.29, 1.82) is 0 Å². The van der Waals surface area contributed by atoms with Crippen LogP contribution in [0.15, 0.2) is 18.2 Å². The first kappa shape index (κ1) is 9.53. The fraction of sp³-hybridized carbons (Fsp3) is 0.333. The molecule has 1 aromatic carbocycles. The molecule has 1 aromatic heterocycles. The number of thiophene rings is 1. The minimum atomic E-state index is 0.992. The summed E-state index contributed by atoms with van der Waals surface area (Å²) >= 11 is 1.84.